The van der Waals surface area contributed by atoms with E-state index in [1.54, 1.807) is 6.21 Å². The number of hydrogen-bond donors (Lipinski definition) is 0. The molecule has 0 N–H and O–H groups in total. The Labute approximate surface area is 101 Å². The van der Waals surface area contributed by atoms with E-state index in [9.17, 15) is 0 Å². The Hall–Kier alpha value is -1.28. The van der Waals surface area contributed by atoms with Gasteiger partial charge in [-0.15, -0.1) is 0 Å². The highest BCUT2D eigenvalue weighted by atomic mass is 35.5. The van der Waals surface area contributed by atoms with Crippen molar-refractivity contribution in [1.29, 1.82) is 0 Å². The Morgan fingerprint density at radius 1 is 1.19 bits per heavy atom. The molecule has 0 saturated heterocycles. The lowest BCUT2D eigenvalue weighted by Gasteiger charge is -2.08. The first kappa shape index (κ1) is 11.2. The number of halogens is 1. The molecule has 1 aromatic rings. The number of hydrogen-bond acceptors (Lipinski definition) is 2. The standard InChI is InChI=1S/C13H14ClNO/c14-12-8-6-11(7-9-12)10-15-16-13-4-2-1-3-5-13/h4,6-10H,1-3,5H2. The Kier molecular flexibility index (Phi) is 4.00. The maximum absolute atomic E-state index is 5.78. The topological polar surface area (TPSA) is 21.6 Å². The van der Waals surface area contributed by atoms with E-state index in [0.29, 0.717) is 0 Å². The molecule has 0 heterocycles. The van der Waals surface area contributed by atoms with Crippen LogP contribution in [-0.4, -0.2) is 6.21 Å². The molecule has 0 atom stereocenters. The zero-order valence-electron chi connectivity index (χ0n) is 9.03. The molecule has 0 amide bonds. The van der Waals surface area contributed by atoms with E-state index in [-0.39, 0.29) is 0 Å². The summed E-state index contributed by atoms with van der Waals surface area (Å²) in [7, 11) is 0. The molecule has 0 unspecified atom stereocenters. The predicted octanol–water partition coefficient (Wildman–Crippen LogP) is 4.15. The van der Waals surface area contributed by atoms with E-state index >= 15 is 0 Å². The predicted molar refractivity (Wildman–Crippen MR) is 66.7 cm³/mol. The third kappa shape index (κ3) is 3.38. The van der Waals surface area contributed by atoms with E-state index in [2.05, 4.69) is 11.2 Å². The Morgan fingerprint density at radius 3 is 2.69 bits per heavy atom. The van der Waals surface area contributed by atoms with Gasteiger partial charge in [-0.05, 0) is 43.0 Å². The van der Waals surface area contributed by atoms with Gasteiger partial charge in [0.15, 0.2) is 0 Å². The Bertz CT molecular complexity index is 395. The van der Waals surface area contributed by atoms with Gasteiger partial charge in [-0.3, -0.25) is 0 Å². The van der Waals surface area contributed by atoms with Crippen LogP contribution >= 0.6 is 11.6 Å². The lowest BCUT2D eigenvalue weighted by atomic mass is 10.1. The normalized spacial score (nSPS) is 16.2. The number of allylic oxidation sites excluding steroid dienone is 2. The first-order valence-corrected chi connectivity index (χ1v) is 5.87. The number of oxime groups is 1. The first-order chi connectivity index (χ1) is 7.84. The Morgan fingerprint density at radius 2 is 2.00 bits per heavy atom. The molecule has 0 aromatic heterocycles. The summed E-state index contributed by atoms with van der Waals surface area (Å²) in [5.41, 5.74) is 0.987. The van der Waals surface area contributed by atoms with Gasteiger partial charge in [0.25, 0.3) is 0 Å². The van der Waals surface area contributed by atoms with Gasteiger partial charge >= 0.3 is 0 Å². The van der Waals surface area contributed by atoms with Gasteiger partial charge < -0.3 is 4.84 Å². The fraction of sp³-hybridized carbons (Fsp3) is 0.308. The van der Waals surface area contributed by atoms with Crippen LogP contribution < -0.4 is 0 Å². The monoisotopic (exact) mass is 235 g/mol. The number of rotatable bonds is 3. The molecule has 1 aliphatic carbocycles. The van der Waals surface area contributed by atoms with Crippen molar-refractivity contribution in [2.24, 2.45) is 5.16 Å². The van der Waals surface area contributed by atoms with Crippen molar-refractivity contribution in [1.82, 2.24) is 0 Å². The molecule has 84 valence electrons. The van der Waals surface area contributed by atoms with E-state index in [4.69, 9.17) is 16.4 Å². The number of nitrogens with zero attached hydrogens (tertiary/aromatic N) is 1. The van der Waals surface area contributed by atoms with Gasteiger partial charge in [-0.1, -0.05) is 28.9 Å². The van der Waals surface area contributed by atoms with Crippen LogP contribution in [-0.2, 0) is 4.84 Å². The molecule has 0 aliphatic heterocycles. The molecule has 1 aliphatic rings. The fourth-order valence-corrected chi connectivity index (χ4v) is 1.72. The second kappa shape index (κ2) is 5.71. The van der Waals surface area contributed by atoms with E-state index < -0.39 is 0 Å². The lowest BCUT2D eigenvalue weighted by Crippen LogP contribution is -1.93. The van der Waals surface area contributed by atoms with Crippen molar-refractivity contribution in [2.45, 2.75) is 25.7 Å². The van der Waals surface area contributed by atoms with Crippen LogP contribution in [0.15, 0.2) is 41.3 Å². The Balaban J connectivity index is 1.89. The molecule has 3 heteroatoms. The van der Waals surface area contributed by atoms with Crippen molar-refractivity contribution in [3.8, 4) is 0 Å². The SMILES string of the molecule is Clc1ccc(C=NOC2=CCCCC2)cc1. The van der Waals surface area contributed by atoms with Gasteiger partial charge in [0.1, 0.15) is 5.76 Å². The maximum atomic E-state index is 5.78. The summed E-state index contributed by atoms with van der Waals surface area (Å²) in [4.78, 5) is 5.31. The summed E-state index contributed by atoms with van der Waals surface area (Å²) < 4.78 is 0. The van der Waals surface area contributed by atoms with E-state index in [1.807, 2.05) is 24.3 Å². The van der Waals surface area contributed by atoms with Crippen LogP contribution in [0.25, 0.3) is 0 Å². The maximum Gasteiger partial charge on any atom is 0.131 e. The summed E-state index contributed by atoms with van der Waals surface area (Å²) >= 11 is 5.78. The van der Waals surface area contributed by atoms with Crippen molar-refractivity contribution in [2.75, 3.05) is 0 Å². The van der Waals surface area contributed by atoms with Crippen LogP contribution in [0.4, 0.5) is 0 Å². The zero-order chi connectivity index (χ0) is 11.2. The third-order valence-electron chi connectivity index (χ3n) is 2.49. The second-order valence-electron chi connectivity index (χ2n) is 3.79. The molecule has 0 radical (unpaired) electrons. The van der Waals surface area contributed by atoms with Crippen molar-refractivity contribution in [3.05, 3.63) is 46.7 Å². The van der Waals surface area contributed by atoms with Gasteiger partial charge in [0.2, 0.25) is 0 Å². The van der Waals surface area contributed by atoms with Crippen LogP contribution in [0.1, 0.15) is 31.2 Å². The average Bonchev–Trinajstić information content (AvgIpc) is 2.33. The summed E-state index contributed by atoms with van der Waals surface area (Å²) in [5, 5.41) is 4.69. The quantitative estimate of drug-likeness (QED) is 0.570. The van der Waals surface area contributed by atoms with Gasteiger partial charge in [0.05, 0.1) is 6.21 Å². The smallest absolute Gasteiger partial charge is 0.131 e. The van der Waals surface area contributed by atoms with Crippen LogP contribution in [0.5, 0.6) is 0 Å². The summed E-state index contributed by atoms with van der Waals surface area (Å²) in [6.45, 7) is 0. The van der Waals surface area contributed by atoms with Crippen molar-refractivity contribution in [3.63, 3.8) is 0 Å². The highest BCUT2D eigenvalue weighted by Gasteiger charge is 2.03. The van der Waals surface area contributed by atoms with Gasteiger partial charge in [-0.25, -0.2) is 0 Å². The molecular weight excluding hydrogens is 222 g/mol. The largest absolute Gasteiger partial charge is 0.362 e. The number of benzene rings is 1. The molecule has 0 bridgehead atoms. The molecular formula is C13H14ClNO. The fourth-order valence-electron chi connectivity index (χ4n) is 1.60. The second-order valence-corrected chi connectivity index (χ2v) is 4.23. The summed E-state index contributed by atoms with van der Waals surface area (Å²) in [5.74, 6) is 0.983. The molecule has 2 nitrogen and oxygen atoms in total. The average molecular weight is 236 g/mol. The van der Waals surface area contributed by atoms with Crippen LogP contribution in [0.2, 0.25) is 5.02 Å². The van der Waals surface area contributed by atoms with Crippen molar-refractivity contribution >= 4 is 17.8 Å². The molecule has 16 heavy (non-hydrogen) atoms. The van der Waals surface area contributed by atoms with Crippen molar-refractivity contribution < 1.29 is 4.84 Å². The van der Waals surface area contributed by atoms with Gasteiger partial charge in [-0.2, -0.15) is 0 Å². The molecule has 1 aromatic carbocycles. The van der Waals surface area contributed by atoms with Gasteiger partial charge in [0, 0.05) is 11.4 Å². The van der Waals surface area contributed by atoms with E-state index in [1.165, 1.54) is 12.8 Å². The highest BCUT2D eigenvalue weighted by molar-refractivity contribution is 6.30. The summed E-state index contributed by atoms with van der Waals surface area (Å²) in [6.07, 6.45) is 8.37. The minimum Gasteiger partial charge on any atom is -0.362 e. The van der Waals surface area contributed by atoms with Crippen LogP contribution in [0, 0.1) is 0 Å². The molecule has 0 spiro atoms. The van der Waals surface area contributed by atoms with E-state index in [0.717, 1.165) is 29.2 Å². The molecule has 0 saturated carbocycles. The molecule has 0 fully saturated rings. The third-order valence-corrected chi connectivity index (χ3v) is 2.74. The highest BCUT2D eigenvalue weighted by Crippen LogP contribution is 2.18. The minimum atomic E-state index is 0.730. The zero-order valence-corrected chi connectivity index (χ0v) is 9.78. The molecule has 2 rings (SSSR count). The summed E-state index contributed by atoms with van der Waals surface area (Å²) in [6, 6.07) is 7.49. The first-order valence-electron chi connectivity index (χ1n) is 5.49. The minimum absolute atomic E-state index is 0.730. The lowest BCUT2D eigenvalue weighted by molar-refractivity contribution is 0.210. The van der Waals surface area contributed by atoms with Crippen LogP contribution in [0.3, 0.4) is 0 Å².